The van der Waals surface area contributed by atoms with Gasteiger partial charge in [-0.2, -0.15) is 0 Å². The van der Waals surface area contributed by atoms with Crippen LogP contribution in [0, 0.1) is 11.8 Å². The monoisotopic (exact) mass is 290 g/mol. The first kappa shape index (κ1) is 17.7. The van der Waals surface area contributed by atoms with Crippen molar-refractivity contribution >= 4 is 5.91 Å². The summed E-state index contributed by atoms with van der Waals surface area (Å²) in [6.07, 6.45) is 1.56. The van der Waals surface area contributed by atoms with Crippen molar-refractivity contribution in [3.63, 3.8) is 0 Å². The molecule has 1 aromatic carbocycles. The van der Waals surface area contributed by atoms with Gasteiger partial charge < -0.3 is 10.6 Å². The maximum Gasteiger partial charge on any atom is 0.239 e. The van der Waals surface area contributed by atoms with Crippen LogP contribution in [-0.2, 0) is 11.2 Å². The van der Waals surface area contributed by atoms with Crippen molar-refractivity contribution in [3.8, 4) is 0 Å². The Bertz CT molecular complexity index is 404. The van der Waals surface area contributed by atoms with Crippen molar-refractivity contribution in [1.29, 1.82) is 0 Å². The topological polar surface area (TPSA) is 46.3 Å². The fraction of sp³-hybridized carbons (Fsp3) is 0.611. The Morgan fingerprint density at radius 2 is 1.57 bits per heavy atom. The number of hydrogen-bond donors (Lipinski definition) is 1. The average molecular weight is 290 g/mol. The van der Waals surface area contributed by atoms with E-state index in [4.69, 9.17) is 5.73 Å². The number of amides is 1. The van der Waals surface area contributed by atoms with Gasteiger partial charge in [-0.15, -0.1) is 0 Å². The summed E-state index contributed by atoms with van der Waals surface area (Å²) in [5, 5.41) is 0. The zero-order chi connectivity index (χ0) is 15.8. The Kier molecular flexibility index (Phi) is 7.44. The van der Waals surface area contributed by atoms with Crippen LogP contribution in [0.1, 0.15) is 39.7 Å². The highest BCUT2D eigenvalue weighted by atomic mass is 16.2. The minimum Gasteiger partial charge on any atom is -0.341 e. The van der Waals surface area contributed by atoms with Crippen molar-refractivity contribution in [2.24, 2.45) is 17.6 Å². The number of benzene rings is 1. The lowest BCUT2D eigenvalue weighted by atomic mass is 10.0. The fourth-order valence-corrected chi connectivity index (χ4v) is 2.46. The molecule has 0 aliphatic heterocycles. The van der Waals surface area contributed by atoms with Gasteiger partial charge in [0.15, 0.2) is 0 Å². The Balaban J connectivity index is 2.56. The Morgan fingerprint density at radius 1 is 1.05 bits per heavy atom. The molecule has 3 nitrogen and oxygen atoms in total. The first-order chi connectivity index (χ1) is 9.90. The molecule has 3 heteroatoms. The van der Waals surface area contributed by atoms with Gasteiger partial charge >= 0.3 is 0 Å². The lowest BCUT2D eigenvalue weighted by Gasteiger charge is -2.29. The van der Waals surface area contributed by atoms with E-state index in [0.717, 1.165) is 19.5 Å². The molecule has 1 aromatic rings. The summed E-state index contributed by atoms with van der Waals surface area (Å²) in [5.41, 5.74) is 7.36. The number of aryl methyl sites for hydroxylation is 1. The molecule has 0 aliphatic rings. The third-order valence-electron chi connectivity index (χ3n) is 3.39. The van der Waals surface area contributed by atoms with Gasteiger partial charge in [0.2, 0.25) is 5.91 Å². The van der Waals surface area contributed by atoms with Crippen LogP contribution in [0.25, 0.3) is 0 Å². The van der Waals surface area contributed by atoms with E-state index in [1.165, 1.54) is 5.56 Å². The van der Waals surface area contributed by atoms with Crippen molar-refractivity contribution in [2.45, 2.75) is 46.6 Å². The van der Waals surface area contributed by atoms with Crippen LogP contribution in [0.15, 0.2) is 30.3 Å². The van der Waals surface area contributed by atoms with E-state index < -0.39 is 6.04 Å². The van der Waals surface area contributed by atoms with E-state index in [1.54, 1.807) is 0 Å². The number of rotatable bonds is 8. The predicted molar refractivity (Wildman–Crippen MR) is 89.0 cm³/mol. The average Bonchev–Trinajstić information content (AvgIpc) is 2.43. The summed E-state index contributed by atoms with van der Waals surface area (Å²) < 4.78 is 0. The normalized spacial score (nSPS) is 12.7. The third-order valence-corrected chi connectivity index (χ3v) is 3.39. The highest BCUT2D eigenvalue weighted by molar-refractivity contribution is 5.81. The molecule has 1 atom stereocenters. The number of nitrogens with zero attached hydrogens (tertiary/aromatic N) is 1. The lowest BCUT2D eigenvalue weighted by Crippen LogP contribution is -2.46. The molecule has 0 bridgehead atoms. The molecule has 1 rings (SSSR count). The van der Waals surface area contributed by atoms with Gasteiger partial charge in [-0.05, 0) is 30.2 Å². The van der Waals surface area contributed by atoms with Gasteiger partial charge in [0.1, 0.15) is 0 Å². The van der Waals surface area contributed by atoms with E-state index in [2.05, 4.69) is 39.8 Å². The van der Waals surface area contributed by atoms with Gasteiger partial charge in [0.05, 0.1) is 6.04 Å². The van der Waals surface area contributed by atoms with Gasteiger partial charge in [-0.25, -0.2) is 0 Å². The zero-order valence-electron chi connectivity index (χ0n) is 13.9. The van der Waals surface area contributed by atoms with Crippen LogP contribution >= 0.6 is 0 Å². The largest absolute Gasteiger partial charge is 0.341 e. The van der Waals surface area contributed by atoms with Crippen LogP contribution < -0.4 is 5.73 Å². The Morgan fingerprint density at radius 3 is 2.05 bits per heavy atom. The predicted octanol–water partition coefficient (Wildman–Crippen LogP) is 3.09. The molecule has 118 valence electrons. The van der Waals surface area contributed by atoms with Gasteiger partial charge in [-0.3, -0.25) is 4.79 Å². The van der Waals surface area contributed by atoms with Crippen LogP contribution in [0.3, 0.4) is 0 Å². The molecule has 0 fully saturated rings. The molecule has 2 N–H and O–H groups in total. The maximum absolute atomic E-state index is 12.5. The van der Waals surface area contributed by atoms with E-state index in [-0.39, 0.29) is 5.91 Å². The smallest absolute Gasteiger partial charge is 0.239 e. The quantitative estimate of drug-likeness (QED) is 0.799. The molecule has 0 aliphatic carbocycles. The maximum atomic E-state index is 12.5. The molecule has 21 heavy (non-hydrogen) atoms. The van der Waals surface area contributed by atoms with Crippen LogP contribution in [0.4, 0.5) is 0 Å². The summed E-state index contributed by atoms with van der Waals surface area (Å²) >= 11 is 0. The first-order valence-corrected chi connectivity index (χ1v) is 7.98. The van der Waals surface area contributed by atoms with Gasteiger partial charge in [0.25, 0.3) is 0 Å². The molecule has 1 unspecified atom stereocenters. The minimum atomic E-state index is -0.400. The first-order valence-electron chi connectivity index (χ1n) is 7.98. The molecular formula is C18H30N2O. The van der Waals surface area contributed by atoms with Crippen LogP contribution in [0.2, 0.25) is 0 Å². The molecule has 0 spiro atoms. The van der Waals surface area contributed by atoms with Crippen LogP contribution in [0.5, 0.6) is 0 Å². The van der Waals surface area contributed by atoms with Gasteiger partial charge in [-0.1, -0.05) is 58.0 Å². The molecule has 0 heterocycles. The second kappa shape index (κ2) is 8.83. The van der Waals surface area contributed by atoms with Crippen molar-refractivity contribution in [2.75, 3.05) is 13.1 Å². The highest BCUT2D eigenvalue weighted by Crippen LogP contribution is 2.09. The number of carbonyl (C=O) groups excluding carboxylic acids is 1. The zero-order valence-corrected chi connectivity index (χ0v) is 13.9. The van der Waals surface area contributed by atoms with E-state index >= 15 is 0 Å². The third kappa shape index (κ3) is 6.76. The molecule has 1 amide bonds. The van der Waals surface area contributed by atoms with Gasteiger partial charge in [0, 0.05) is 13.1 Å². The van der Waals surface area contributed by atoms with E-state index in [1.807, 2.05) is 23.1 Å². The number of nitrogens with two attached hydrogens (primary N) is 1. The second-order valence-corrected chi connectivity index (χ2v) is 6.66. The second-order valence-electron chi connectivity index (χ2n) is 6.66. The summed E-state index contributed by atoms with van der Waals surface area (Å²) in [7, 11) is 0. The summed E-state index contributed by atoms with van der Waals surface area (Å²) in [6, 6.07) is 9.80. The number of carbonyl (C=O) groups is 1. The van der Waals surface area contributed by atoms with Crippen molar-refractivity contribution < 1.29 is 4.79 Å². The van der Waals surface area contributed by atoms with Crippen molar-refractivity contribution in [3.05, 3.63) is 35.9 Å². The summed E-state index contributed by atoms with van der Waals surface area (Å²) in [4.78, 5) is 14.5. The molecule has 0 radical (unpaired) electrons. The standard InChI is InChI=1S/C18H30N2O/c1-14(2)12-20(13-15(3)4)18(21)17(19)11-10-16-8-6-5-7-9-16/h5-9,14-15,17H,10-13,19H2,1-4H3. The van der Waals surface area contributed by atoms with E-state index in [0.29, 0.717) is 18.3 Å². The molecule has 0 saturated carbocycles. The van der Waals surface area contributed by atoms with Crippen molar-refractivity contribution in [1.82, 2.24) is 4.90 Å². The molecular weight excluding hydrogens is 260 g/mol. The summed E-state index contributed by atoms with van der Waals surface area (Å²) in [6.45, 7) is 10.1. The minimum absolute atomic E-state index is 0.0910. The highest BCUT2D eigenvalue weighted by Gasteiger charge is 2.22. The summed E-state index contributed by atoms with van der Waals surface area (Å²) in [5.74, 6) is 1.02. The SMILES string of the molecule is CC(C)CN(CC(C)C)C(=O)C(N)CCc1ccccc1. The lowest BCUT2D eigenvalue weighted by molar-refractivity contribution is -0.133. The van der Waals surface area contributed by atoms with E-state index in [9.17, 15) is 4.79 Å². The molecule has 0 aromatic heterocycles. The number of hydrogen-bond acceptors (Lipinski definition) is 2. The Hall–Kier alpha value is -1.35. The fourth-order valence-electron chi connectivity index (χ4n) is 2.46. The van der Waals surface area contributed by atoms with Crippen LogP contribution in [-0.4, -0.2) is 29.9 Å². The molecule has 0 saturated heterocycles. The Labute approximate surface area is 129 Å².